The molecule has 2 N–H and O–H groups in total. The number of carbonyl (C=O) groups is 4. The van der Waals surface area contributed by atoms with E-state index >= 15 is 0 Å². The average molecular weight is 532 g/mol. The maximum absolute atomic E-state index is 13.1. The Kier molecular flexibility index (Phi) is 7.93. The fraction of sp³-hybridized carbons (Fsp3) is 0.172. The lowest BCUT2D eigenvalue weighted by Crippen LogP contribution is -2.32. The zero-order valence-electron chi connectivity index (χ0n) is 21.1. The molecule has 38 heavy (non-hydrogen) atoms. The molecule has 3 amide bonds. The van der Waals surface area contributed by atoms with Crippen LogP contribution in [0.5, 0.6) is 0 Å². The Bertz CT molecular complexity index is 1460. The van der Waals surface area contributed by atoms with Crippen LogP contribution < -0.4 is 15.5 Å². The number of imide groups is 1. The van der Waals surface area contributed by atoms with Gasteiger partial charge in [0, 0.05) is 16.9 Å². The molecule has 3 aromatic rings. The van der Waals surface area contributed by atoms with Gasteiger partial charge in [0.15, 0.2) is 0 Å². The topological polar surface area (TPSA) is 105 Å². The molecule has 0 bridgehead atoms. The molecule has 0 fully saturated rings. The van der Waals surface area contributed by atoms with Crippen LogP contribution in [0.2, 0.25) is 0 Å². The van der Waals surface area contributed by atoms with Gasteiger partial charge in [-0.15, -0.1) is 0 Å². The Balaban J connectivity index is 1.50. The summed E-state index contributed by atoms with van der Waals surface area (Å²) in [6.07, 6.45) is 0.706. The molecule has 8 nitrogen and oxygen atoms in total. The second-order valence-electron chi connectivity index (χ2n) is 8.86. The van der Waals surface area contributed by atoms with Crippen LogP contribution in [0.25, 0.3) is 0 Å². The number of amides is 3. The van der Waals surface area contributed by atoms with Gasteiger partial charge in [-0.05, 0) is 79.9 Å². The minimum atomic E-state index is -0.629. The fourth-order valence-corrected chi connectivity index (χ4v) is 4.23. The molecule has 1 heterocycles. The first kappa shape index (κ1) is 26.6. The van der Waals surface area contributed by atoms with Gasteiger partial charge in [-0.2, -0.15) is 0 Å². The summed E-state index contributed by atoms with van der Waals surface area (Å²) >= 11 is 6.27. The number of aryl methyl sites for hydroxylation is 2. The van der Waals surface area contributed by atoms with Crippen molar-refractivity contribution in [3.8, 4) is 0 Å². The van der Waals surface area contributed by atoms with E-state index < -0.39 is 23.7 Å². The van der Waals surface area contributed by atoms with Gasteiger partial charge < -0.3 is 15.4 Å². The second-order valence-corrected chi connectivity index (χ2v) is 9.24. The van der Waals surface area contributed by atoms with E-state index in [4.69, 9.17) is 16.3 Å². The lowest BCUT2D eigenvalue weighted by atomic mass is 10.1. The van der Waals surface area contributed by atoms with Gasteiger partial charge in [0.2, 0.25) is 0 Å². The highest BCUT2D eigenvalue weighted by Crippen LogP contribution is 2.31. The number of anilines is 3. The van der Waals surface area contributed by atoms with Crippen LogP contribution in [0.3, 0.4) is 0 Å². The molecule has 0 aromatic heterocycles. The molecule has 0 saturated heterocycles. The number of nitrogens with zero attached hydrogens (tertiary/aromatic N) is 1. The number of hydrogen-bond acceptors (Lipinski definition) is 6. The van der Waals surface area contributed by atoms with E-state index in [0.29, 0.717) is 35.7 Å². The molecule has 1 aliphatic rings. The molecule has 0 atom stereocenters. The summed E-state index contributed by atoms with van der Waals surface area (Å²) in [5.74, 6) is -2.12. The SMILES string of the molecule is CCCOC(=O)c1cccc(NC(=O)c2cccc(NC3=C(Cl)C(=O)N(c4cc(C)cc(C)c4)C3=O)c2)c1. The van der Waals surface area contributed by atoms with Crippen molar-refractivity contribution in [2.75, 3.05) is 22.1 Å². The van der Waals surface area contributed by atoms with Crippen LogP contribution >= 0.6 is 11.6 Å². The van der Waals surface area contributed by atoms with Crippen molar-refractivity contribution in [2.24, 2.45) is 0 Å². The number of halogens is 1. The van der Waals surface area contributed by atoms with E-state index in [1.807, 2.05) is 26.8 Å². The second kappa shape index (κ2) is 11.3. The molecule has 194 valence electrons. The van der Waals surface area contributed by atoms with E-state index in [9.17, 15) is 19.2 Å². The third kappa shape index (κ3) is 5.76. The number of carbonyl (C=O) groups excluding carboxylic acids is 4. The van der Waals surface area contributed by atoms with Crippen molar-refractivity contribution in [1.82, 2.24) is 0 Å². The highest BCUT2D eigenvalue weighted by atomic mass is 35.5. The maximum atomic E-state index is 13.1. The predicted octanol–water partition coefficient (Wildman–Crippen LogP) is 5.56. The van der Waals surface area contributed by atoms with Gasteiger partial charge >= 0.3 is 5.97 Å². The summed E-state index contributed by atoms with van der Waals surface area (Å²) in [5, 5.41) is 5.41. The average Bonchev–Trinajstić information content (AvgIpc) is 3.10. The van der Waals surface area contributed by atoms with E-state index in [1.165, 1.54) is 12.1 Å². The van der Waals surface area contributed by atoms with Crippen LogP contribution in [0, 0.1) is 13.8 Å². The number of benzene rings is 3. The summed E-state index contributed by atoms with van der Waals surface area (Å²) < 4.78 is 5.14. The molecular formula is C29H26ClN3O5. The zero-order chi connectivity index (χ0) is 27.4. The molecule has 1 aliphatic heterocycles. The van der Waals surface area contributed by atoms with Crippen molar-refractivity contribution in [3.05, 3.63) is 99.7 Å². The summed E-state index contributed by atoms with van der Waals surface area (Å²) in [6, 6.07) is 18.3. The van der Waals surface area contributed by atoms with Crippen LogP contribution in [0.4, 0.5) is 17.1 Å². The largest absolute Gasteiger partial charge is 0.462 e. The van der Waals surface area contributed by atoms with Crippen molar-refractivity contribution >= 4 is 52.4 Å². The first-order chi connectivity index (χ1) is 18.2. The molecular weight excluding hydrogens is 506 g/mol. The number of ether oxygens (including phenoxy) is 1. The van der Waals surface area contributed by atoms with Gasteiger partial charge in [-0.3, -0.25) is 14.4 Å². The molecule has 0 radical (unpaired) electrons. The van der Waals surface area contributed by atoms with E-state index in [1.54, 1.807) is 48.5 Å². The molecule has 0 unspecified atom stereocenters. The molecule has 9 heteroatoms. The predicted molar refractivity (Wildman–Crippen MR) is 146 cm³/mol. The highest BCUT2D eigenvalue weighted by molar-refractivity contribution is 6.53. The molecule has 0 spiro atoms. The molecule has 3 aromatic carbocycles. The minimum Gasteiger partial charge on any atom is -0.462 e. The number of hydrogen-bond donors (Lipinski definition) is 2. The summed E-state index contributed by atoms with van der Waals surface area (Å²) in [5.41, 5.74) is 3.59. The maximum Gasteiger partial charge on any atom is 0.338 e. The van der Waals surface area contributed by atoms with Crippen molar-refractivity contribution in [1.29, 1.82) is 0 Å². The van der Waals surface area contributed by atoms with Crippen molar-refractivity contribution < 1.29 is 23.9 Å². The van der Waals surface area contributed by atoms with E-state index in [-0.39, 0.29) is 16.3 Å². The third-order valence-electron chi connectivity index (χ3n) is 5.68. The molecule has 0 saturated carbocycles. The Hall–Kier alpha value is -4.43. The molecule has 0 aliphatic carbocycles. The van der Waals surface area contributed by atoms with Crippen LogP contribution in [-0.4, -0.2) is 30.3 Å². The quantitative estimate of drug-likeness (QED) is 0.291. The van der Waals surface area contributed by atoms with Gasteiger partial charge in [0.25, 0.3) is 17.7 Å². The van der Waals surface area contributed by atoms with Gasteiger partial charge in [0.05, 0.1) is 17.9 Å². The van der Waals surface area contributed by atoms with Crippen molar-refractivity contribution in [3.63, 3.8) is 0 Å². The zero-order valence-corrected chi connectivity index (χ0v) is 21.9. The Morgan fingerprint density at radius 3 is 2.18 bits per heavy atom. The lowest BCUT2D eigenvalue weighted by Gasteiger charge is -2.16. The van der Waals surface area contributed by atoms with Crippen LogP contribution in [-0.2, 0) is 14.3 Å². The minimum absolute atomic E-state index is 0.0772. The smallest absolute Gasteiger partial charge is 0.338 e. The van der Waals surface area contributed by atoms with Crippen LogP contribution in [0.1, 0.15) is 45.2 Å². The highest BCUT2D eigenvalue weighted by Gasteiger charge is 2.39. The Labute approximate surface area is 225 Å². The number of esters is 1. The first-order valence-electron chi connectivity index (χ1n) is 12.0. The van der Waals surface area contributed by atoms with Crippen molar-refractivity contribution in [2.45, 2.75) is 27.2 Å². The first-order valence-corrected chi connectivity index (χ1v) is 12.4. The normalized spacial score (nSPS) is 13.1. The fourth-order valence-electron chi connectivity index (χ4n) is 4.01. The monoisotopic (exact) mass is 531 g/mol. The van der Waals surface area contributed by atoms with Gasteiger partial charge in [0.1, 0.15) is 10.7 Å². The Morgan fingerprint density at radius 1 is 0.868 bits per heavy atom. The summed E-state index contributed by atoms with van der Waals surface area (Å²) in [6.45, 7) is 5.96. The lowest BCUT2D eigenvalue weighted by molar-refractivity contribution is -0.120. The summed E-state index contributed by atoms with van der Waals surface area (Å²) in [4.78, 5) is 52.1. The van der Waals surface area contributed by atoms with Gasteiger partial charge in [-0.1, -0.05) is 36.7 Å². The van der Waals surface area contributed by atoms with Crippen LogP contribution in [0.15, 0.2) is 77.5 Å². The Morgan fingerprint density at radius 2 is 1.50 bits per heavy atom. The van der Waals surface area contributed by atoms with E-state index in [0.717, 1.165) is 16.0 Å². The number of rotatable bonds is 8. The number of nitrogens with one attached hydrogen (secondary N) is 2. The summed E-state index contributed by atoms with van der Waals surface area (Å²) in [7, 11) is 0. The van der Waals surface area contributed by atoms with E-state index in [2.05, 4.69) is 10.6 Å². The third-order valence-corrected chi connectivity index (χ3v) is 6.03. The molecule has 4 rings (SSSR count). The van der Waals surface area contributed by atoms with Gasteiger partial charge in [-0.25, -0.2) is 9.69 Å². The standard InChI is InChI=1S/C29H26ClN3O5/c1-4-11-38-29(37)20-8-6-10-22(16-20)32-26(34)19-7-5-9-21(15-19)31-25-24(30)27(35)33(28(25)36)23-13-17(2)12-18(3)14-23/h5-10,12-16,31H,4,11H2,1-3H3,(H,32,34).